The van der Waals surface area contributed by atoms with E-state index in [1.807, 2.05) is 12.1 Å². The molecule has 2 saturated carbocycles. The standard InChI is InChI=1S/C17H19BrN2O/c18-14-3-1-2-12(8-14)16-15(20-21-17(16)19)9-13-7-10-4-5-11(13)6-10/h1-3,8,10-11,13H,4-7,9,19H2. The first-order chi connectivity index (χ1) is 10.2. The van der Waals surface area contributed by atoms with Crippen molar-refractivity contribution in [3.8, 4) is 11.1 Å². The number of fused-ring (bicyclic) bond motifs is 2. The molecule has 1 aromatic heterocycles. The van der Waals surface area contributed by atoms with Gasteiger partial charge in [-0.3, -0.25) is 0 Å². The van der Waals surface area contributed by atoms with Gasteiger partial charge in [-0.2, -0.15) is 0 Å². The van der Waals surface area contributed by atoms with Crippen molar-refractivity contribution in [3.63, 3.8) is 0 Å². The number of anilines is 1. The summed E-state index contributed by atoms with van der Waals surface area (Å²) in [5, 5.41) is 4.25. The number of aromatic nitrogens is 1. The van der Waals surface area contributed by atoms with Crippen LogP contribution in [0.2, 0.25) is 0 Å². The summed E-state index contributed by atoms with van der Waals surface area (Å²) in [5.74, 6) is 3.05. The van der Waals surface area contributed by atoms with Crippen LogP contribution in [0.3, 0.4) is 0 Å². The Bertz CT molecular complexity index is 667. The SMILES string of the molecule is Nc1onc(CC2CC3CCC2C3)c1-c1cccc(Br)c1. The molecular weight excluding hydrogens is 328 g/mol. The molecule has 0 spiro atoms. The number of nitrogens with two attached hydrogens (primary N) is 1. The van der Waals surface area contributed by atoms with Crippen LogP contribution >= 0.6 is 15.9 Å². The third kappa shape index (κ3) is 2.39. The number of hydrogen-bond acceptors (Lipinski definition) is 3. The van der Waals surface area contributed by atoms with Crippen molar-refractivity contribution in [3.05, 3.63) is 34.4 Å². The minimum Gasteiger partial charge on any atom is -0.367 e. The number of halogens is 1. The molecule has 0 amide bonds. The molecule has 0 aliphatic heterocycles. The van der Waals surface area contributed by atoms with E-state index >= 15 is 0 Å². The first kappa shape index (κ1) is 13.4. The summed E-state index contributed by atoms with van der Waals surface area (Å²) in [6.07, 6.45) is 6.61. The van der Waals surface area contributed by atoms with Crippen molar-refractivity contribution in [2.75, 3.05) is 5.73 Å². The van der Waals surface area contributed by atoms with Gasteiger partial charge < -0.3 is 10.3 Å². The number of nitrogens with zero attached hydrogens (tertiary/aromatic N) is 1. The second kappa shape index (κ2) is 5.16. The van der Waals surface area contributed by atoms with Crippen LogP contribution in [0.4, 0.5) is 5.88 Å². The highest BCUT2D eigenvalue weighted by Gasteiger charge is 2.40. The summed E-state index contributed by atoms with van der Waals surface area (Å²) >= 11 is 3.52. The van der Waals surface area contributed by atoms with E-state index in [-0.39, 0.29) is 0 Å². The van der Waals surface area contributed by atoms with Gasteiger partial charge in [-0.15, -0.1) is 0 Å². The average Bonchev–Trinajstić information content (AvgIpc) is 3.15. The van der Waals surface area contributed by atoms with Gasteiger partial charge >= 0.3 is 0 Å². The number of nitrogen functional groups attached to an aromatic ring is 1. The Morgan fingerprint density at radius 2 is 2.19 bits per heavy atom. The number of benzene rings is 1. The molecule has 2 aliphatic carbocycles. The third-order valence-corrected chi connectivity index (χ3v) is 5.74. The molecule has 1 heterocycles. The second-order valence-corrected chi connectivity index (χ2v) is 7.43. The number of rotatable bonds is 3. The summed E-state index contributed by atoms with van der Waals surface area (Å²) in [4.78, 5) is 0. The molecule has 2 N–H and O–H groups in total. The van der Waals surface area contributed by atoms with E-state index in [9.17, 15) is 0 Å². The molecule has 2 fully saturated rings. The molecule has 21 heavy (non-hydrogen) atoms. The minimum atomic E-state index is 0.436. The zero-order valence-electron chi connectivity index (χ0n) is 11.9. The lowest BCUT2D eigenvalue weighted by Gasteiger charge is -2.20. The molecule has 4 rings (SSSR count). The van der Waals surface area contributed by atoms with Crippen LogP contribution in [0.25, 0.3) is 11.1 Å². The Morgan fingerprint density at radius 3 is 2.90 bits per heavy atom. The highest BCUT2D eigenvalue weighted by atomic mass is 79.9. The van der Waals surface area contributed by atoms with Crippen molar-refractivity contribution in [1.29, 1.82) is 0 Å². The minimum absolute atomic E-state index is 0.436. The Kier molecular flexibility index (Phi) is 3.29. The third-order valence-electron chi connectivity index (χ3n) is 5.24. The molecule has 2 bridgehead atoms. The molecule has 110 valence electrons. The first-order valence-corrected chi connectivity index (χ1v) is 8.50. The fourth-order valence-corrected chi connectivity index (χ4v) is 4.70. The maximum absolute atomic E-state index is 6.03. The van der Waals surface area contributed by atoms with Crippen molar-refractivity contribution >= 4 is 21.8 Å². The molecule has 1 aromatic carbocycles. The maximum atomic E-state index is 6.03. The van der Waals surface area contributed by atoms with Crippen molar-refractivity contribution in [1.82, 2.24) is 5.16 Å². The lowest BCUT2D eigenvalue weighted by molar-refractivity contribution is 0.322. The largest absolute Gasteiger partial charge is 0.367 e. The van der Waals surface area contributed by atoms with Crippen LogP contribution in [0.5, 0.6) is 0 Å². The zero-order valence-corrected chi connectivity index (χ0v) is 13.5. The van der Waals surface area contributed by atoms with Crippen LogP contribution < -0.4 is 5.73 Å². The quantitative estimate of drug-likeness (QED) is 0.878. The summed E-state index contributed by atoms with van der Waals surface area (Å²) in [6.45, 7) is 0. The van der Waals surface area contributed by atoms with Gasteiger partial charge in [0.1, 0.15) is 0 Å². The normalized spacial score (nSPS) is 27.4. The summed E-state index contributed by atoms with van der Waals surface area (Å²) in [7, 11) is 0. The van der Waals surface area contributed by atoms with E-state index in [0.717, 1.165) is 45.5 Å². The van der Waals surface area contributed by atoms with Crippen molar-refractivity contribution in [2.45, 2.75) is 32.1 Å². The topological polar surface area (TPSA) is 52.0 Å². The van der Waals surface area contributed by atoms with Crippen LogP contribution in [0.15, 0.2) is 33.3 Å². The van der Waals surface area contributed by atoms with E-state index in [0.29, 0.717) is 5.88 Å². The molecule has 3 atom stereocenters. The molecule has 4 heteroatoms. The predicted molar refractivity (Wildman–Crippen MR) is 86.7 cm³/mol. The van der Waals surface area contributed by atoms with Gasteiger partial charge in [-0.1, -0.05) is 39.6 Å². The van der Waals surface area contributed by atoms with Gasteiger partial charge in [0.15, 0.2) is 0 Å². The lowest BCUT2D eigenvalue weighted by Crippen LogP contribution is -2.13. The van der Waals surface area contributed by atoms with Crippen LogP contribution in [0.1, 0.15) is 31.4 Å². The van der Waals surface area contributed by atoms with Crippen LogP contribution in [-0.4, -0.2) is 5.16 Å². The molecule has 0 saturated heterocycles. The van der Waals surface area contributed by atoms with E-state index < -0.39 is 0 Å². The molecule has 0 radical (unpaired) electrons. The molecule has 2 aliphatic rings. The molecule has 3 nitrogen and oxygen atoms in total. The maximum Gasteiger partial charge on any atom is 0.230 e. The Labute approximate surface area is 133 Å². The lowest BCUT2D eigenvalue weighted by atomic mass is 9.84. The summed E-state index contributed by atoms with van der Waals surface area (Å²) < 4.78 is 6.34. The van der Waals surface area contributed by atoms with Gasteiger partial charge in [0.25, 0.3) is 0 Å². The van der Waals surface area contributed by atoms with Crippen molar-refractivity contribution in [2.24, 2.45) is 17.8 Å². The van der Waals surface area contributed by atoms with Crippen LogP contribution in [-0.2, 0) is 6.42 Å². The highest BCUT2D eigenvalue weighted by molar-refractivity contribution is 9.10. The Balaban J connectivity index is 1.64. The average molecular weight is 347 g/mol. The van der Waals surface area contributed by atoms with Crippen molar-refractivity contribution < 1.29 is 4.52 Å². The van der Waals surface area contributed by atoms with Gasteiger partial charge in [0.2, 0.25) is 5.88 Å². The fraction of sp³-hybridized carbons (Fsp3) is 0.471. The zero-order chi connectivity index (χ0) is 14.4. The monoisotopic (exact) mass is 346 g/mol. The van der Waals surface area contributed by atoms with Gasteiger partial charge in [0.05, 0.1) is 11.3 Å². The van der Waals surface area contributed by atoms with Crippen LogP contribution in [0, 0.1) is 17.8 Å². The second-order valence-electron chi connectivity index (χ2n) is 6.52. The van der Waals surface area contributed by atoms with E-state index in [2.05, 4.69) is 33.2 Å². The first-order valence-electron chi connectivity index (χ1n) is 7.70. The Morgan fingerprint density at radius 1 is 1.29 bits per heavy atom. The smallest absolute Gasteiger partial charge is 0.230 e. The van der Waals surface area contributed by atoms with Gasteiger partial charge in [0, 0.05) is 4.47 Å². The van der Waals surface area contributed by atoms with E-state index in [1.165, 1.54) is 25.7 Å². The summed E-state index contributed by atoms with van der Waals surface area (Å²) in [6, 6.07) is 8.18. The fourth-order valence-electron chi connectivity index (χ4n) is 4.30. The molecular formula is C17H19BrN2O. The van der Waals surface area contributed by atoms with E-state index in [1.54, 1.807) is 0 Å². The van der Waals surface area contributed by atoms with Gasteiger partial charge in [-0.05, 0) is 61.1 Å². The summed E-state index contributed by atoms with van der Waals surface area (Å²) in [5.41, 5.74) is 9.13. The molecule has 3 unspecified atom stereocenters. The predicted octanol–water partition coefficient (Wildman–Crippen LogP) is 4.67. The molecule has 2 aromatic rings. The highest BCUT2D eigenvalue weighted by Crippen LogP contribution is 2.50. The van der Waals surface area contributed by atoms with E-state index in [4.69, 9.17) is 10.3 Å². The Hall–Kier alpha value is -1.29. The van der Waals surface area contributed by atoms with Gasteiger partial charge in [-0.25, -0.2) is 0 Å². The number of hydrogen-bond donors (Lipinski definition) is 1.